The van der Waals surface area contributed by atoms with Crippen molar-refractivity contribution in [1.82, 2.24) is 9.29 Å². The Hall–Kier alpha value is -2.30. The van der Waals surface area contributed by atoms with Gasteiger partial charge in [-0.25, -0.2) is 13.4 Å². The van der Waals surface area contributed by atoms with Crippen molar-refractivity contribution in [1.29, 1.82) is 0 Å². The molecule has 0 spiro atoms. The summed E-state index contributed by atoms with van der Waals surface area (Å²) in [6.07, 6.45) is 5.36. The average molecular weight is 463 g/mol. The Morgan fingerprint density at radius 2 is 1.74 bits per heavy atom. The number of nitrogens with zero attached hydrogens (tertiary/aromatic N) is 3. The van der Waals surface area contributed by atoms with Crippen molar-refractivity contribution in [3.63, 3.8) is 0 Å². The summed E-state index contributed by atoms with van der Waals surface area (Å²) in [5, 5.41) is 5.20. The number of anilines is 2. The lowest BCUT2D eigenvalue weighted by Crippen LogP contribution is -2.31. The molecule has 0 atom stereocenters. The Morgan fingerprint density at radius 3 is 2.39 bits per heavy atom. The molecule has 2 fully saturated rings. The summed E-state index contributed by atoms with van der Waals surface area (Å²) in [7, 11) is -3.51. The summed E-state index contributed by atoms with van der Waals surface area (Å²) >= 11 is 1.36. The van der Waals surface area contributed by atoms with Gasteiger partial charge in [0.1, 0.15) is 0 Å². The van der Waals surface area contributed by atoms with Crippen molar-refractivity contribution in [3.05, 3.63) is 35.3 Å². The number of carbonyl (C=O) groups excluding carboxylic acids is 2. The summed E-state index contributed by atoms with van der Waals surface area (Å²) in [6, 6.07) is 6.29. The van der Waals surface area contributed by atoms with Gasteiger partial charge in [0.2, 0.25) is 21.8 Å². The molecular weight excluding hydrogens is 436 g/mol. The first-order chi connectivity index (χ1) is 14.9. The lowest BCUT2D eigenvalue weighted by Gasteiger charge is -2.20. The summed E-state index contributed by atoms with van der Waals surface area (Å²) in [6.45, 7) is 1.78. The van der Waals surface area contributed by atoms with Crippen LogP contribution in [0.1, 0.15) is 44.2 Å². The zero-order valence-electron chi connectivity index (χ0n) is 17.2. The molecule has 3 heterocycles. The zero-order chi connectivity index (χ0) is 21.8. The first-order valence-corrected chi connectivity index (χ1v) is 12.9. The van der Waals surface area contributed by atoms with Crippen molar-refractivity contribution in [2.75, 3.05) is 29.9 Å². The molecule has 31 heavy (non-hydrogen) atoms. The summed E-state index contributed by atoms with van der Waals surface area (Å²) in [5.41, 5.74) is 1.14. The van der Waals surface area contributed by atoms with Gasteiger partial charge in [-0.2, -0.15) is 4.31 Å². The molecule has 2 saturated heterocycles. The van der Waals surface area contributed by atoms with Gasteiger partial charge in [-0.15, -0.1) is 11.3 Å². The predicted octanol–water partition coefficient (Wildman–Crippen LogP) is 3.02. The SMILES string of the molecule is O=C(Cc1csc(N2CCCC2=O)n1)Nc1ccc(S(=O)(=O)N2CCCCCC2)cc1. The van der Waals surface area contributed by atoms with Crippen LogP contribution in [0.5, 0.6) is 0 Å². The van der Waals surface area contributed by atoms with E-state index in [9.17, 15) is 18.0 Å². The minimum atomic E-state index is -3.51. The van der Waals surface area contributed by atoms with Crippen molar-refractivity contribution in [3.8, 4) is 0 Å². The molecule has 8 nitrogen and oxygen atoms in total. The molecular formula is C21H26N4O4S2. The number of rotatable bonds is 6. The van der Waals surface area contributed by atoms with Crippen LogP contribution in [0, 0.1) is 0 Å². The largest absolute Gasteiger partial charge is 0.326 e. The molecule has 10 heteroatoms. The highest BCUT2D eigenvalue weighted by atomic mass is 32.2. The van der Waals surface area contributed by atoms with Gasteiger partial charge < -0.3 is 5.32 Å². The molecule has 2 amide bonds. The second kappa shape index (κ2) is 9.46. The maximum atomic E-state index is 12.9. The quantitative estimate of drug-likeness (QED) is 0.711. The summed E-state index contributed by atoms with van der Waals surface area (Å²) in [4.78, 5) is 30.5. The van der Waals surface area contributed by atoms with E-state index in [1.807, 2.05) is 0 Å². The van der Waals surface area contributed by atoms with Gasteiger partial charge in [-0.05, 0) is 43.5 Å². The molecule has 1 aromatic heterocycles. The van der Waals surface area contributed by atoms with Crippen LogP contribution in [0.25, 0.3) is 0 Å². The minimum absolute atomic E-state index is 0.0700. The van der Waals surface area contributed by atoms with Gasteiger partial charge in [0.15, 0.2) is 5.13 Å². The highest BCUT2D eigenvalue weighted by molar-refractivity contribution is 7.89. The number of thiazole rings is 1. The number of hydrogen-bond donors (Lipinski definition) is 1. The van der Waals surface area contributed by atoms with E-state index in [1.54, 1.807) is 26.7 Å². The Labute approximate surface area is 186 Å². The fraction of sp³-hybridized carbons (Fsp3) is 0.476. The van der Waals surface area contributed by atoms with Crippen molar-refractivity contribution in [2.45, 2.75) is 49.8 Å². The molecule has 0 aliphatic carbocycles. The first kappa shape index (κ1) is 21.9. The van der Waals surface area contributed by atoms with E-state index in [2.05, 4.69) is 10.3 Å². The molecule has 166 valence electrons. The molecule has 0 bridgehead atoms. The van der Waals surface area contributed by atoms with Crippen LogP contribution < -0.4 is 10.2 Å². The highest BCUT2D eigenvalue weighted by Gasteiger charge is 2.26. The van der Waals surface area contributed by atoms with Crippen molar-refractivity contribution in [2.24, 2.45) is 0 Å². The van der Waals surface area contributed by atoms with Gasteiger partial charge in [0.25, 0.3) is 0 Å². The maximum Gasteiger partial charge on any atom is 0.243 e. The topological polar surface area (TPSA) is 99.7 Å². The molecule has 2 aliphatic heterocycles. The normalized spacial score (nSPS) is 18.2. The second-order valence-electron chi connectivity index (χ2n) is 7.84. The Balaban J connectivity index is 1.36. The van der Waals surface area contributed by atoms with Gasteiger partial charge in [-0.1, -0.05) is 12.8 Å². The second-order valence-corrected chi connectivity index (χ2v) is 10.6. The van der Waals surface area contributed by atoms with Crippen LogP contribution in [0.2, 0.25) is 0 Å². The third kappa shape index (κ3) is 5.13. The van der Waals surface area contributed by atoms with Crippen LogP contribution in [0.4, 0.5) is 10.8 Å². The van der Waals surface area contributed by atoms with Crippen LogP contribution in [-0.4, -0.2) is 49.2 Å². The number of aromatic nitrogens is 1. The molecule has 0 unspecified atom stereocenters. The standard InChI is InChI=1S/C21H26N4O4S2/c26-19(14-17-15-30-21(23-17)25-13-5-6-20(25)27)22-16-7-9-18(10-8-16)31(28,29)24-11-3-1-2-4-12-24/h7-10,15H,1-6,11-14H2,(H,22,26). The zero-order valence-corrected chi connectivity index (χ0v) is 18.9. The third-order valence-electron chi connectivity index (χ3n) is 5.53. The first-order valence-electron chi connectivity index (χ1n) is 10.6. The van der Waals surface area contributed by atoms with Gasteiger partial charge in [0, 0.05) is 37.1 Å². The predicted molar refractivity (Wildman–Crippen MR) is 120 cm³/mol. The van der Waals surface area contributed by atoms with E-state index in [0.29, 0.717) is 42.6 Å². The smallest absolute Gasteiger partial charge is 0.243 e. The third-order valence-corrected chi connectivity index (χ3v) is 8.35. The monoisotopic (exact) mass is 462 g/mol. The van der Waals surface area contributed by atoms with E-state index in [4.69, 9.17) is 0 Å². The van der Waals surface area contributed by atoms with E-state index in [1.165, 1.54) is 23.5 Å². The molecule has 0 saturated carbocycles. The maximum absolute atomic E-state index is 12.9. The van der Waals surface area contributed by atoms with E-state index in [-0.39, 0.29) is 23.1 Å². The summed E-state index contributed by atoms with van der Waals surface area (Å²) < 4.78 is 27.3. The van der Waals surface area contributed by atoms with Crippen LogP contribution >= 0.6 is 11.3 Å². The number of amides is 2. The fourth-order valence-electron chi connectivity index (χ4n) is 3.86. The minimum Gasteiger partial charge on any atom is -0.326 e. The van der Waals surface area contributed by atoms with Gasteiger partial charge in [0.05, 0.1) is 17.0 Å². The van der Waals surface area contributed by atoms with Crippen LogP contribution in [0.15, 0.2) is 34.5 Å². The number of sulfonamides is 1. The molecule has 2 aliphatic rings. The molecule has 1 N–H and O–H groups in total. The van der Waals surface area contributed by atoms with E-state index < -0.39 is 10.0 Å². The molecule has 1 aromatic carbocycles. The van der Waals surface area contributed by atoms with Crippen molar-refractivity contribution >= 4 is 44.0 Å². The molecule has 0 radical (unpaired) electrons. The van der Waals surface area contributed by atoms with Crippen molar-refractivity contribution < 1.29 is 18.0 Å². The average Bonchev–Trinajstić information content (AvgIpc) is 3.27. The Kier molecular flexibility index (Phi) is 6.68. The Bertz CT molecular complexity index is 1040. The Morgan fingerprint density at radius 1 is 1.03 bits per heavy atom. The molecule has 4 rings (SSSR count). The van der Waals surface area contributed by atoms with Crippen LogP contribution in [0.3, 0.4) is 0 Å². The summed E-state index contributed by atoms with van der Waals surface area (Å²) in [5.74, 6) is -0.173. The van der Waals surface area contributed by atoms with Gasteiger partial charge in [-0.3, -0.25) is 14.5 Å². The molecule has 2 aromatic rings. The highest BCUT2D eigenvalue weighted by Crippen LogP contribution is 2.26. The lowest BCUT2D eigenvalue weighted by atomic mass is 10.2. The fourth-order valence-corrected chi connectivity index (χ4v) is 6.25. The van der Waals surface area contributed by atoms with Crippen LogP contribution in [-0.2, 0) is 26.0 Å². The number of hydrogen-bond acceptors (Lipinski definition) is 6. The number of carbonyl (C=O) groups is 2. The number of benzene rings is 1. The van der Waals surface area contributed by atoms with E-state index in [0.717, 1.165) is 32.1 Å². The lowest BCUT2D eigenvalue weighted by molar-refractivity contribution is -0.117. The van der Waals surface area contributed by atoms with E-state index >= 15 is 0 Å². The van der Waals surface area contributed by atoms with Gasteiger partial charge >= 0.3 is 0 Å². The number of nitrogens with one attached hydrogen (secondary N) is 1.